The molecule has 234 valence electrons. The number of nitrogens with zero attached hydrogens (tertiary/aromatic N) is 7. The summed E-state index contributed by atoms with van der Waals surface area (Å²) < 4.78 is 69.5. The van der Waals surface area contributed by atoms with Crippen molar-refractivity contribution in [1.29, 1.82) is 0 Å². The Hall–Kier alpha value is -4.14. The first-order chi connectivity index (χ1) is 21.6. The second-order valence-electron chi connectivity index (χ2n) is 11.2. The number of hydrogen-bond acceptors (Lipinski definition) is 8. The maximum atomic E-state index is 14.3. The van der Waals surface area contributed by atoms with Crippen LogP contribution in [-0.4, -0.2) is 58.9 Å². The molecule has 4 aromatic heterocycles. The van der Waals surface area contributed by atoms with E-state index in [-0.39, 0.29) is 23.2 Å². The van der Waals surface area contributed by atoms with Gasteiger partial charge in [-0.1, -0.05) is 17.7 Å². The molecule has 0 unspecified atom stereocenters. The molecule has 0 amide bonds. The molecule has 1 atom stereocenters. The van der Waals surface area contributed by atoms with Gasteiger partial charge in [0.25, 0.3) is 0 Å². The van der Waals surface area contributed by atoms with Crippen molar-refractivity contribution in [2.75, 3.05) is 13.2 Å². The normalized spacial score (nSPS) is 17.0. The van der Waals surface area contributed by atoms with E-state index < -0.39 is 30.0 Å². The van der Waals surface area contributed by atoms with Gasteiger partial charge in [-0.15, -0.1) is 0 Å². The number of benzene rings is 1. The number of ether oxygens (including phenoxy) is 2. The minimum Gasteiger partial charge on any atom is -0.472 e. The van der Waals surface area contributed by atoms with E-state index in [0.29, 0.717) is 66.7 Å². The van der Waals surface area contributed by atoms with Gasteiger partial charge in [-0.25, -0.2) is 24.3 Å². The van der Waals surface area contributed by atoms with Crippen molar-refractivity contribution < 1.29 is 27.0 Å². The number of nitrogens with one attached hydrogen (secondary N) is 1. The van der Waals surface area contributed by atoms with Gasteiger partial charge in [0.05, 0.1) is 24.9 Å². The largest absolute Gasteiger partial charge is 0.472 e. The molecule has 1 fully saturated rings. The van der Waals surface area contributed by atoms with Crippen molar-refractivity contribution >= 4 is 22.8 Å². The number of H-pyrrole nitrogens is 1. The lowest BCUT2D eigenvalue weighted by Crippen LogP contribution is -2.34. The molecule has 2 aliphatic rings. The van der Waals surface area contributed by atoms with Crippen LogP contribution in [0.5, 0.6) is 5.88 Å². The predicted molar refractivity (Wildman–Crippen MR) is 155 cm³/mol. The molecule has 45 heavy (non-hydrogen) atoms. The molecule has 1 aromatic carbocycles. The van der Waals surface area contributed by atoms with Crippen LogP contribution in [0.4, 0.5) is 17.6 Å². The number of halogens is 5. The average Bonchev–Trinajstić information content (AvgIpc) is 3.55. The van der Waals surface area contributed by atoms with Gasteiger partial charge < -0.3 is 14.0 Å². The molecule has 5 aromatic rings. The van der Waals surface area contributed by atoms with Crippen LogP contribution in [0.1, 0.15) is 40.5 Å². The maximum absolute atomic E-state index is 14.3. The lowest BCUT2D eigenvalue weighted by molar-refractivity contribution is -0.139. The van der Waals surface area contributed by atoms with Crippen LogP contribution in [0.15, 0.2) is 36.5 Å². The zero-order valence-electron chi connectivity index (χ0n) is 24.0. The molecular weight excluding hydrogens is 616 g/mol. The Labute approximate surface area is 259 Å². The number of alkyl halides is 3. The summed E-state index contributed by atoms with van der Waals surface area (Å²) in [4.78, 5) is 20.4. The van der Waals surface area contributed by atoms with E-state index in [2.05, 4.69) is 25.1 Å². The quantitative estimate of drug-likeness (QED) is 0.216. The molecule has 7 rings (SSSR count). The maximum Gasteiger partial charge on any atom is 0.421 e. The van der Waals surface area contributed by atoms with Gasteiger partial charge >= 0.3 is 6.18 Å². The topological polar surface area (TPSA) is 107 Å². The fourth-order valence-electron chi connectivity index (χ4n) is 5.53. The van der Waals surface area contributed by atoms with E-state index in [1.54, 1.807) is 6.20 Å². The Kier molecular flexibility index (Phi) is 7.66. The van der Waals surface area contributed by atoms with Gasteiger partial charge in [-0.3, -0.25) is 10.00 Å². The molecule has 1 N–H and O–H groups in total. The molecule has 6 heterocycles. The van der Waals surface area contributed by atoms with Gasteiger partial charge in [0, 0.05) is 42.0 Å². The summed E-state index contributed by atoms with van der Waals surface area (Å²) >= 11 is 5.80. The fourth-order valence-corrected chi connectivity index (χ4v) is 5.68. The number of fused-ring (bicyclic) bond motifs is 2. The van der Waals surface area contributed by atoms with E-state index in [4.69, 9.17) is 31.0 Å². The Morgan fingerprint density at radius 2 is 2.00 bits per heavy atom. The van der Waals surface area contributed by atoms with Gasteiger partial charge in [0.2, 0.25) is 5.88 Å². The van der Waals surface area contributed by atoms with Crippen molar-refractivity contribution in [3.63, 3.8) is 0 Å². The van der Waals surface area contributed by atoms with Crippen LogP contribution >= 0.6 is 11.6 Å². The average molecular weight is 643 g/mol. The zero-order valence-corrected chi connectivity index (χ0v) is 24.8. The summed E-state index contributed by atoms with van der Waals surface area (Å²) in [5, 5.41) is 7.23. The summed E-state index contributed by atoms with van der Waals surface area (Å²) in [6.45, 7) is 3.85. The second kappa shape index (κ2) is 11.7. The van der Waals surface area contributed by atoms with Crippen LogP contribution in [-0.2, 0) is 43.6 Å². The highest BCUT2D eigenvalue weighted by molar-refractivity contribution is 6.30. The lowest BCUT2D eigenvalue weighted by Gasteiger charge is -2.30. The molecule has 0 bridgehead atoms. The third kappa shape index (κ3) is 6.09. The van der Waals surface area contributed by atoms with Crippen LogP contribution < -0.4 is 4.74 Å². The smallest absolute Gasteiger partial charge is 0.421 e. The van der Waals surface area contributed by atoms with E-state index >= 15 is 0 Å². The molecule has 15 heteroatoms. The molecule has 0 radical (unpaired) electrons. The fraction of sp³-hybridized carbons (Fsp3) is 0.367. The number of aromatic amines is 1. The molecule has 0 saturated carbocycles. The lowest BCUT2D eigenvalue weighted by atomic mass is 10.0. The number of hydrogen-bond donors (Lipinski definition) is 1. The summed E-state index contributed by atoms with van der Waals surface area (Å²) in [5.74, 6) is 0.694. The van der Waals surface area contributed by atoms with Gasteiger partial charge in [0.1, 0.15) is 35.2 Å². The number of imidazole rings is 1. The minimum absolute atomic E-state index is 0.0491. The molecule has 10 nitrogen and oxygen atoms in total. The highest BCUT2D eigenvalue weighted by Gasteiger charge is 2.37. The zero-order chi connectivity index (χ0) is 31.3. The number of aromatic nitrogens is 7. The Bertz CT molecular complexity index is 1890. The van der Waals surface area contributed by atoms with Crippen molar-refractivity contribution in [1.82, 2.24) is 39.6 Å². The number of rotatable bonds is 8. The summed E-state index contributed by atoms with van der Waals surface area (Å²) in [6.07, 6.45) is -1.65. The Balaban J connectivity index is 1.16. The third-order valence-electron chi connectivity index (χ3n) is 7.98. The van der Waals surface area contributed by atoms with E-state index in [9.17, 15) is 17.6 Å². The third-order valence-corrected chi connectivity index (χ3v) is 8.21. The van der Waals surface area contributed by atoms with Crippen molar-refractivity contribution in [2.24, 2.45) is 0 Å². The van der Waals surface area contributed by atoms with Gasteiger partial charge in [-0.2, -0.15) is 18.3 Å². The van der Waals surface area contributed by atoms with E-state index in [1.807, 2.05) is 17.6 Å². The Morgan fingerprint density at radius 1 is 1.16 bits per heavy atom. The van der Waals surface area contributed by atoms with Gasteiger partial charge in [0.15, 0.2) is 11.5 Å². The Morgan fingerprint density at radius 3 is 2.71 bits per heavy atom. The van der Waals surface area contributed by atoms with Gasteiger partial charge in [-0.05, 0) is 49.6 Å². The van der Waals surface area contributed by atoms with Crippen molar-refractivity contribution in [3.8, 4) is 17.3 Å². The summed E-state index contributed by atoms with van der Waals surface area (Å²) in [7, 11) is 0. The highest BCUT2D eigenvalue weighted by atomic mass is 35.5. The van der Waals surface area contributed by atoms with E-state index in [1.165, 1.54) is 12.1 Å². The first-order valence-electron chi connectivity index (χ1n) is 14.4. The van der Waals surface area contributed by atoms with Crippen LogP contribution in [0.25, 0.3) is 22.6 Å². The number of pyridine rings is 2. The SMILES string of the molecule is Cc1nc(-c2cnc3c(c2)nc(CN2CCc4cc(C(F)(F)F)c(OCc5ccc(Cl)cc5F)nc4C2)n3C[C@@H]2CCO2)n[nH]1. The van der Waals surface area contributed by atoms with Crippen LogP contribution in [0, 0.1) is 12.7 Å². The molecule has 1 saturated heterocycles. The van der Waals surface area contributed by atoms with Crippen LogP contribution in [0.3, 0.4) is 0 Å². The van der Waals surface area contributed by atoms with E-state index in [0.717, 1.165) is 29.9 Å². The van der Waals surface area contributed by atoms with Crippen molar-refractivity contribution in [3.05, 3.63) is 81.4 Å². The number of aryl methyl sites for hydroxylation is 1. The molecule has 0 aliphatic carbocycles. The first kappa shape index (κ1) is 29.6. The van der Waals surface area contributed by atoms with Crippen LogP contribution in [0.2, 0.25) is 5.02 Å². The molecular formula is C30H27ClF4N8O2. The standard InChI is InChI=1S/C30H27ClF4N8O2/c1-16-37-27(41-40-16)19-9-24-28(36-11-19)43(12-21-5-7-44-21)26(38-24)14-42-6-4-17-8-22(30(33,34)35)29(39-25(17)13-42)45-15-18-2-3-20(31)10-23(18)32/h2-3,8-11,21H,4-7,12-15H2,1H3,(H,37,40,41)/t21-/m0/s1. The monoisotopic (exact) mass is 642 g/mol. The minimum atomic E-state index is -4.70. The summed E-state index contributed by atoms with van der Waals surface area (Å²) in [6, 6.07) is 6.88. The highest BCUT2D eigenvalue weighted by Crippen LogP contribution is 2.38. The molecule has 0 spiro atoms. The molecule has 2 aliphatic heterocycles. The van der Waals surface area contributed by atoms with Crippen molar-refractivity contribution in [2.45, 2.75) is 58.3 Å². The predicted octanol–water partition coefficient (Wildman–Crippen LogP) is 5.66. The second-order valence-corrected chi connectivity index (χ2v) is 11.6. The first-order valence-corrected chi connectivity index (χ1v) is 14.7. The summed E-state index contributed by atoms with van der Waals surface area (Å²) in [5.41, 5.74) is 2.14.